The van der Waals surface area contributed by atoms with Crippen LogP contribution in [0.2, 0.25) is 5.15 Å². The monoisotopic (exact) mass is 244 g/mol. The molecular weight excluding hydrogens is 236 g/mol. The number of aryl methyl sites for hydroxylation is 1. The fourth-order valence-corrected chi connectivity index (χ4v) is 1.96. The molecule has 0 spiro atoms. The average Bonchev–Trinajstić information content (AvgIpc) is 2.77. The van der Waals surface area contributed by atoms with Gasteiger partial charge >= 0.3 is 0 Å². The van der Waals surface area contributed by atoms with Crippen LogP contribution in [0.25, 0.3) is 16.6 Å². The minimum Gasteiger partial charge on any atom is -0.220 e. The molecule has 84 valence electrons. The molecule has 0 aliphatic heterocycles. The van der Waals surface area contributed by atoms with Gasteiger partial charge in [0.15, 0.2) is 11.0 Å². The lowest BCUT2D eigenvalue weighted by Crippen LogP contribution is -2.01. The number of benzene rings is 1. The molecule has 2 heterocycles. The number of fused-ring (bicyclic) bond motifs is 1. The van der Waals surface area contributed by atoms with Gasteiger partial charge in [-0.2, -0.15) is 5.10 Å². The normalized spacial score (nSPS) is 10.9. The minimum absolute atomic E-state index is 0.410. The van der Waals surface area contributed by atoms with Crippen molar-refractivity contribution in [1.82, 2.24) is 20.0 Å². The van der Waals surface area contributed by atoms with Gasteiger partial charge in [0.1, 0.15) is 0 Å². The van der Waals surface area contributed by atoms with Gasteiger partial charge in [-0.1, -0.05) is 35.9 Å². The Morgan fingerprint density at radius 3 is 2.53 bits per heavy atom. The predicted octanol–water partition coefficient (Wildman–Crippen LogP) is 2.78. The average molecular weight is 245 g/mol. The minimum atomic E-state index is 0.410. The molecule has 3 aromatic rings. The highest BCUT2D eigenvalue weighted by Crippen LogP contribution is 2.24. The molecule has 0 aliphatic carbocycles. The predicted molar refractivity (Wildman–Crippen MR) is 66.4 cm³/mol. The van der Waals surface area contributed by atoms with Crippen LogP contribution in [0.4, 0.5) is 0 Å². The molecule has 0 N–H and O–H groups in total. The van der Waals surface area contributed by atoms with Crippen molar-refractivity contribution in [2.75, 3.05) is 0 Å². The summed E-state index contributed by atoms with van der Waals surface area (Å²) in [4.78, 5) is 0. The van der Waals surface area contributed by atoms with Gasteiger partial charge in [0.25, 0.3) is 0 Å². The Labute approximate surface area is 103 Å². The molecule has 0 saturated heterocycles. The van der Waals surface area contributed by atoms with Crippen LogP contribution >= 0.6 is 11.6 Å². The molecule has 0 aliphatic rings. The molecule has 0 saturated carbocycles. The summed E-state index contributed by atoms with van der Waals surface area (Å²) >= 11 is 6.02. The SMILES string of the molecule is Cc1ccn(-c2nnc(Cl)c3ccccc23)n1. The van der Waals surface area contributed by atoms with Gasteiger partial charge in [-0.15, -0.1) is 10.2 Å². The van der Waals surface area contributed by atoms with Crippen molar-refractivity contribution in [3.05, 3.63) is 47.4 Å². The summed E-state index contributed by atoms with van der Waals surface area (Å²) < 4.78 is 1.71. The van der Waals surface area contributed by atoms with Gasteiger partial charge in [-0.25, -0.2) is 4.68 Å². The van der Waals surface area contributed by atoms with Crippen LogP contribution in [0.3, 0.4) is 0 Å². The van der Waals surface area contributed by atoms with E-state index in [9.17, 15) is 0 Å². The van der Waals surface area contributed by atoms with Crippen LogP contribution in [0.15, 0.2) is 36.5 Å². The zero-order chi connectivity index (χ0) is 11.8. The lowest BCUT2D eigenvalue weighted by molar-refractivity contribution is 0.814. The molecular formula is C12H9ClN4. The van der Waals surface area contributed by atoms with E-state index in [1.807, 2.05) is 43.5 Å². The molecule has 0 atom stereocenters. The van der Waals surface area contributed by atoms with E-state index >= 15 is 0 Å². The standard InChI is InChI=1S/C12H9ClN4/c1-8-6-7-17(16-8)12-10-5-3-2-4-9(10)11(13)14-15-12/h2-7H,1H3. The highest BCUT2D eigenvalue weighted by atomic mass is 35.5. The molecule has 0 radical (unpaired) electrons. The maximum Gasteiger partial charge on any atom is 0.183 e. The third-order valence-electron chi connectivity index (χ3n) is 2.56. The first-order valence-electron chi connectivity index (χ1n) is 5.19. The Hall–Kier alpha value is -1.94. The second-order valence-electron chi connectivity index (χ2n) is 3.76. The van der Waals surface area contributed by atoms with Crippen LogP contribution in [0, 0.1) is 6.92 Å². The number of hydrogen-bond donors (Lipinski definition) is 0. The largest absolute Gasteiger partial charge is 0.220 e. The molecule has 0 amide bonds. The summed E-state index contributed by atoms with van der Waals surface area (Å²) in [7, 11) is 0. The number of aromatic nitrogens is 4. The van der Waals surface area contributed by atoms with E-state index in [0.717, 1.165) is 16.5 Å². The molecule has 4 nitrogen and oxygen atoms in total. The topological polar surface area (TPSA) is 43.6 Å². The Balaban J connectivity index is 2.34. The number of hydrogen-bond acceptors (Lipinski definition) is 3. The van der Waals surface area contributed by atoms with Crippen LogP contribution in [0.1, 0.15) is 5.69 Å². The fraction of sp³-hybridized carbons (Fsp3) is 0.0833. The number of halogens is 1. The Morgan fingerprint density at radius 2 is 1.82 bits per heavy atom. The second kappa shape index (κ2) is 3.82. The smallest absolute Gasteiger partial charge is 0.183 e. The van der Waals surface area contributed by atoms with Crippen LogP contribution < -0.4 is 0 Å². The van der Waals surface area contributed by atoms with Crippen molar-refractivity contribution in [2.45, 2.75) is 6.92 Å². The first-order chi connectivity index (χ1) is 8.25. The zero-order valence-electron chi connectivity index (χ0n) is 9.13. The van der Waals surface area contributed by atoms with Gasteiger partial charge in [0, 0.05) is 17.0 Å². The van der Waals surface area contributed by atoms with Crippen LogP contribution in [-0.2, 0) is 0 Å². The zero-order valence-corrected chi connectivity index (χ0v) is 9.89. The summed E-state index contributed by atoms with van der Waals surface area (Å²) in [5.74, 6) is 0.693. The Bertz CT molecular complexity index is 690. The van der Waals surface area contributed by atoms with E-state index in [1.54, 1.807) is 4.68 Å². The third-order valence-corrected chi connectivity index (χ3v) is 2.84. The molecule has 0 bridgehead atoms. The van der Waals surface area contributed by atoms with E-state index in [2.05, 4.69) is 15.3 Å². The Morgan fingerprint density at radius 1 is 1.06 bits per heavy atom. The highest BCUT2D eigenvalue weighted by Gasteiger charge is 2.09. The van der Waals surface area contributed by atoms with Crippen molar-refractivity contribution in [1.29, 1.82) is 0 Å². The van der Waals surface area contributed by atoms with Gasteiger partial charge in [0.05, 0.1) is 5.69 Å². The van der Waals surface area contributed by atoms with Gasteiger partial charge in [-0.3, -0.25) is 0 Å². The van der Waals surface area contributed by atoms with Crippen molar-refractivity contribution >= 4 is 22.4 Å². The lowest BCUT2D eigenvalue weighted by Gasteiger charge is -2.05. The fourth-order valence-electron chi connectivity index (χ4n) is 1.76. The second-order valence-corrected chi connectivity index (χ2v) is 4.12. The van der Waals surface area contributed by atoms with Crippen molar-refractivity contribution in [3.63, 3.8) is 0 Å². The Kier molecular flexibility index (Phi) is 2.30. The van der Waals surface area contributed by atoms with Gasteiger partial charge in [-0.05, 0) is 13.0 Å². The van der Waals surface area contributed by atoms with Crippen molar-refractivity contribution in [2.24, 2.45) is 0 Å². The van der Waals surface area contributed by atoms with Gasteiger partial charge in [0.2, 0.25) is 0 Å². The van der Waals surface area contributed by atoms with E-state index in [1.165, 1.54) is 0 Å². The molecule has 0 fully saturated rings. The van der Waals surface area contributed by atoms with E-state index < -0.39 is 0 Å². The van der Waals surface area contributed by atoms with Crippen LogP contribution in [-0.4, -0.2) is 20.0 Å². The summed E-state index contributed by atoms with van der Waals surface area (Å²) in [6.07, 6.45) is 1.86. The van der Waals surface area contributed by atoms with E-state index in [4.69, 9.17) is 11.6 Å². The van der Waals surface area contributed by atoms with Crippen LogP contribution in [0.5, 0.6) is 0 Å². The summed E-state index contributed by atoms with van der Waals surface area (Å²) in [5, 5.41) is 14.6. The molecule has 3 rings (SSSR count). The quantitative estimate of drug-likeness (QED) is 0.661. The van der Waals surface area contributed by atoms with Crippen molar-refractivity contribution < 1.29 is 0 Å². The molecule has 2 aromatic heterocycles. The molecule has 17 heavy (non-hydrogen) atoms. The van der Waals surface area contributed by atoms with Crippen molar-refractivity contribution in [3.8, 4) is 5.82 Å². The van der Waals surface area contributed by atoms with E-state index in [0.29, 0.717) is 11.0 Å². The van der Waals surface area contributed by atoms with E-state index in [-0.39, 0.29) is 0 Å². The maximum absolute atomic E-state index is 6.02. The summed E-state index contributed by atoms with van der Waals surface area (Å²) in [6.45, 7) is 1.93. The number of rotatable bonds is 1. The molecule has 0 unspecified atom stereocenters. The molecule has 5 heteroatoms. The highest BCUT2D eigenvalue weighted by molar-refractivity contribution is 6.34. The summed E-state index contributed by atoms with van der Waals surface area (Å²) in [6, 6.07) is 9.67. The summed E-state index contributed by atoms with van der Waals surface area (Å²) in [5.41, 5.74) is 0.936. The first-order valence-corrected chi connectivity index (χ1v) is 5.57. The maximum atomic E-state index is 6.02. The van der Waals surface area contributed by atoms with Gasteiger partial charge < -0.3 is 0 Å². The molecule has 1 aromatic carbocycles. The third kappa shape index (κ3) is 1.66. The number of nitrogens with zero attached hydrogens (tertiary/aromatic N) is 4. The lowest BCUT2D eigenvalue weighted by atomic mass is 10.2. The first kappa shape index (κ1) is 10.2.